The number of fused-ring (bicyclic) bond motifs is 1. The fraction of sp³-hybridized carbons (Fsp3) is 0.182. The SMILES string of the molecule is COc1ccc([C@H](CC(=O)NCc2ccccc2)c2cn(C)c3ccccc23)cc1OCc1ccccc1. The van der Waals surface area contributed by atoms with Gasteiger partial charge in [0.05, 0.1) is 7.11 Å². The van der Waals surface area contributed by atoms with Gasteiger partial charge >= 0.3 is 0 Å². The van der Waals surface area contributed by atoms with E-state index in [0.29, 0.717) is 31.1 Å². The van der Waals surface area contributed by atoms with E-state index in [4.69, 9.17) is 9.47 Å². The van der Waals surface area contributed by atoms with Gasteiger partial charge in [-0.05, 0) is 40.5 Å². The third kappa shape index (κ3) is 5.73. The number of carbonyl (C=O) groups excluding carboxylic acids is 1. The van der Waals surface area contributed by atoms with E-state index >= 15 is 0 Å². The Hall–Kier alpha value is -4.51. The summed E-state index contributed by atoms with van der Waals surface area (Å²) in [7, 11) is 3.68. The number of benzene rings is 4. The van der Waals surface area contributed by atoms with Crippen LogP contribution in [0.3, 0.4) is 0 Å². The maximum atomic E-state index is 13.3. The van der Waals surface area contributed by atoms with Crippen LogP contribution < -0.4 is 14.8 Å². The lowest BCUT2D eigenvalue weighted by Gasteiger charge is -2.20. The molecule has 0 aliphatic carbocycles. The van der Waals surface area contributed by atoms with Crippen LogP contribution in [0.4, 0.5) is 0 Å². The van der Waals surface area contributed by atoms with E-state index in [1.165, 1.54) is 0 Å². The molecule has 1 amide bonds. The number of para-hydroxylation sites is 1. The Kier molecular flexibility index (Phi) is 7.74. The van der Waals surface area contributed by atoms with E-state index in [-0.39, 0.29) is 11.8 Å². The van der Waals surface area contributed by atoms with Crippen molar-refractivity contribution in [1.29, 1.82) is 0 Å². The largest absolute Gasteiger partial charge is 0.493 e. The van der Waals surface area contributed by atoms with Crippen molar-refractivity contribution in [3.63, 3.8) is 0 Å². The predicted molar refractivity (Wildman–Crippen MR) is 151 cm³/mol. The molecule has 5 rings (SSSR count). The first kappa shape index (κ1) is 25.2. The number of aromatic nitrogens is 1. The van der Waals surface area contributed by atoms with Gasteiger partial charge in [0.1, 0.15) is 6.61 Å². The Bertz CT molecular complexity index is 1510. The third-order valence-corrected chi connectivity index (χ3v) is 6.85. The minimum Gasteiger partial charge on any atom is -0.493 e. The zero-order valence-electron chi connectivity index (χ0n) is 21.8. The van der Waals surface area contributed by atoms with Crippen LogP contribution in [0, 0.1) is 0 Å². The lowest BCUT2D eigenvalue weighted by molar-refractivity contribution is -0.121. The van der Waals surface area contributed by atoms with E-state index in [2.05, 4.69) is 28.2 Å². The third-order valence-electron chi connectivity index (χ3n) is 6.85. The summed E-state index contributed by atoms with van der Waals surface area (Å²) in [5.41, 5.74) is 5.39. The number of hydrogen-bond acceptors (Lipinski definition) is 3. The van der Waals surface area contributed by atoms with Crippen LogP contribution >= 0.6 is 0 Å². The molecule has 1 aromatic heterocycles. The van der Waals surface area contributed by atoms with Gasteiger partial charge in [0, 0.05) is 43.0 Å². The van der Waals surface area contributed by atoms with E-state index in [0.717, 1.165) is 33.2 Å². The highest BCUT2D eigenvalue weighted by Crippen LogP contribution is 2.38. The van der Waals surface area contributed by atoms with Crippen molar-refractivity contribution in [2.45, 2.75) is 25.5 Å². The highest BCUT2D eigenvalue weighted by Gasteiger charge is 2.24. The Balaban J connectivity index is 1.47. The van der Waals surface area contributed by atoms with Gasteiger partial charge in [0.25, 0.3) is 0 Å². The summed E-state index contributed by atoms with van der Waals surface area (Å²) >= 11 is 0. The topological polar surface area (TPSA) is 52.5 Å². The Morgan fingerprint density at radius 2 is 1.53 bits per heavy atom. The second-order valence-electron chi connectivity index (χ2n) is 9.42. The van der Waals surface area contributed by atoms with Crippen LogP contribution in [0.2, 0.25) is 0 Å². The second kappa shape index (κ2) is 11.7. The fourth-order valence-electron chi connectivity index (χ4n) is 4.87. The van der Waals surface area contributed by atoms with E-state index in [9.17, 15) is 4.79 Å². The first-order chi connectivity index (χ1) is 18.6. The molecule has 0 aliphatic rings. The minimum absolute atomic E-state index is 0.00522. The minimum atomic E-state index is -0.165. The Morgan fingerprint density at radius 3 is 2.26 bits per heavy atom. The Morgan fingerprint density at radius 1 is 0.842 bits per heavy atom. The number of amides is 1. The number of ether oxygens (including phenoxy) is 2. The van der Waals surface area contributed by atoms with E-state index in [1.807, 2.05) is 98.0 Å². The Labute approximate surface area is 223 Å². The van der Waals surface area contributed by atoms with Crippen LogP contribution in [-0.4, -0.2) is 17.6 Å². The number of methoxy groups -OCH3 is 1. The molecule has 5 aromatic rings. The van der Waals surface area contributed by atoms with Crippen LogP contribution in [0.25, 0.3) is 10.9 Å². The van der Waals surface area contributed by atoms with E-state index < -0.39 is 0 Å². The summed E-state index contributed by atoms with van der Waals surface area (Å²) in [5, 5.41) is 4.24. The van der Waals surface area contributed by atoms with Crippen molar-refractivity contribution in [3.05, 3.63) is 132 Å². The number of rotatable bonds is 10. The molecular formula is C33H32N2O3. The van der Waals surface area contributed by atoms with Crippen molar-refractivity contribution in [1.82, 2.24) is 9.88 Å². The van der Waals surface area contributed by atoms with E-state index in [1.54, 1.807) is 7.11 Å². The molecular weight excluding hydrogens is 472 g/mol. The lowest BCUT2D eigenvalue weighted by atomic mass is 9.87. The zero-order chi connectivity index (χ0) is 26.3. The molecule has 0 spiro atoms. The molecule has 0 saturated carbocycles. The molecule has 38 heavy (non-hydrogen) atoms. The molecule has 4 aromatic carbocycles. The van der Waals surface area contributed by atoms with Crippen LogP contribution in [0.15, 0.2) is 109 Å². The molecule has 0 radical (unpaired) electrons. The summed E-state index contributed by atoms with van der Waals surface area (Å²) in [6.07, 6.45) is 2.44. The number of hydrogen-bond donors (Lipinski definition) is 1. The highest BCUT2D eigenvalue weighted by molar-refractivity contribution is 5.86. The molecule has 0 bridgehead atoms. The quantitative estimate of drug-likeness (QED) is 0.233. The predicted octanol–water partition coefficient (Wildman–Crippen LogP) is 6.60. The standard InChI is InChI=1S/C33H32N2O3/c1-35-22-29(27-15-9-10-16-30(27)35)28(20-33(36)34-21-24-11-5-3-6-12-24)26-17-18-31(37-2)32(19-26)38-23-25-13-7-4-8-14-25/h3-19,22,28H,20-21,23H2,1-2H3,(H,34,36)/t28-/m0/s1. The highest BCUT2D eigenvalue weighted by atomic mass is 16.5. The maximum absolute atomic E-state index is 13.3. The molecule has 0 saturated heterocycles. The summed E-state index contributed by atoms with van der Waals surface area (Å²) in [6, 6.07) is 34.3. The van der Waals surface area contributed by atoms with Crippen LogP contribution in [0.1, 0.15) is 34.6 Å². The number of nitrogens with zero attached hydrogens (tertiary/aromatic N) is 1. The van der Waals surface area contributed by atoms with Crippen LogP contribution in [-0.2, 0) is 25.0 Å². The van der Waals surface area contributed by atoms with Gasteiger partial charge in [-0.25, -0.2) is 0 Å². The lowest BCUT2D eigenvalue weighted by Crippen LogP contribution is -2.25. The zero-order valence-corrected chi connectivity index (χ0v) is 21.8. The number of carbonyl (C=O) groups is 1. The van der Waals surface area contributed by atoms with Gasteiger partial charge < -0.3 is 19.4 Å². The van der Waals surface area contributed by atoms with Crippen molar-refractivity contribution in [3.8, 4) is 11.5 Å². The summed E-state index contributed by atoms with van der Waals surface area (Å²) in [4.78, 5) is 13.3. The molecule has 5 heteroatoms. The summed E-state index contributed by atoms with van der Waals surface area (Å²) in [6.45, 7) is 0.924. The monoisotopic (exact) mass is 504 g/mol. The van der Waals surface area contributed by atoms with Crippen molar-refractivity contribution < 1.29 is 14.3 Å². The van der Waals surface area contributed by atoms with Crippen molar-refractivity contribution in [2.24, 2.45) is 7.05 Å². The van der Waals surface area contributed by atoms with Crippen molar-refractivity contribution in [2.75, 3.05) is 7.11 Å². The molecule has 192 valence electrons. The molecule has 1 heterocycles. The van der Waals surface area contributed by atoms with Gasteiger partial charge in [0.2, 0.25) is 5.91 Å². The molecule has 0 fully saturated rings. The normalized spacial score (nSPS) is 11.7. The van der Waals surface area contributed by atoms with Gasteiger partial charge in [-0.2, -0.15) is 0 Å². The average molecular weight is 505 g/mol. The molecule has 5 nitrogen and oxygen atoms in total. The molecule has 0 unspecified atom stereocenters. The average Bonchev–Trinajstić information content (AvgIpc) is 3.30. The smallest absolute Gasteiger partial charge is 0.221 e. The van der Waals surface area contributed by atoms with Gasteiger partial charge in [-0.3, -0.25) is 4.79 Å². The van der Waals surface area contributed by atoms with Gasteiger partial charge in [0.15, 0.2) is 11.5 Å². The maximum Gasteiger partial charge on any atom is 0.221 e. The molecule has 1 N–H and O–H groups in total. The van der Waals surface area contributed by atoms with Gasteiger partial charge in [-0.15, -0.1) is 0 Å². The summed E-state index contributed by atoms with van der Waals surface area (Å²) in [5.74, 6) is 1.15. The van der Waals surface area contributed by atoms with Crippen LogP contribution in [0.5, 0.6) is 11.5 Å². The molecule has 0 aliphatic heterocycles. The number of aryl methyl sites for hydroxylation is 1. The fourth-order valence-corrected chi connectivity index (χ4v) is 4.87. The second-order valence-corrected chi connectivity index (χ2v) is 9.42. The van der Waals surface area contributed by atoms with Crippen molar-refractivity contribution >= 4 is 16.8 Å². The first-order valence-electron chi connectivity index (χ1n) is 12.8. The summed E-state index contributed by atoms with van der Waals surface area (Å²) < 4.78 is 13.9. The first-order valence-corrected chi connectivity index (χ1v) is 12.8. The number of nitrogens with one attached hydrogen (secondary N) is 1. The molecule has 1 atom stereocenters. The van der Waals surface area contributed by atoms with Gasteiger partial charge in [-0.1, -0.05) is 84.9 Å².